The number of hydrogen-bond donors (Lipinski definition) is 3. The van der Waals surface area contributed by atoms with Gasteiger partial charge in [0.2, 0.25) is 11.1 Å². The molecule has 3 amide bonds. The van der Waals surface area contributed by atoms with Gasteiger partial charge in [0, 0.05) is 6.54 Å². The van der Waals surface area contributed by atoms with Gasteiger partial charge in [-0.25, -0.2) is 4.79 Å². The number of imide groups is 1. The van der Waals surface area contributed by atoms with Gasteiger partial charge in [-0.05, 0) is 47.2 Å². The molecular formula is C18H18N6O3S. The van der Waals surface area contributed by atoms with Gasteiger partial charge in [0.05, 0.1) is 10.9 Å². The lowest BCUT2D eigenvalue weighted by Crippen LogP contribution is -2.42. The Hall–Kier alpha value is -3.40. The molecule has 0 saturated carbocycles. The number of nitrogens with one attached hydrogen (secondary N) is 2. The van der Waals surface area contributed by atoms with Gasteiger partial charge in [0.1, 0.15) is 5.75 Å². The molecule has 28 heavy (non-hydrogen) atoms. The first-order chi connectivity index (χ1) is 13.5. The van der Waals surface area contributed by atoms with Crippen molar-refractivity contribution < 1.29 is 14.7 Å². The molecule has 1 atom stereocenters. The summed E-state index contributed by atoms with van der Waals surface area (Å²) < 4.78 is 1.45. The third-order valence-electron chi connectivity index (χ3n) is 3.72. The van der Waals surface area contributed by atoms with E-state index in [0.29, 0.717) is 17.4 Å². The maximum absolute atomic E-state index is 12.3. The third kappa shape index (κ3) is 5.07. The summed E-state index contributed by atoms with van der Waals surface area (Å²) in [6.07, 6.45) is 0. The second kappa shape index (κ2) is 9.00. The predicted octanol–water partition coefficient (Wildman–Crippen LogP) is 1.87. The molecule has 1 unspecified atom stereocenters. The molecule has 0 aliphatic rings. The molecule has 0 radical (unpaired) electrons. The van der Waals surface area contributed by atoms with Gasteiger partial charge < -0.3 is 10.4 Å². The Bertz CT molecular complexity index is 945. The van der Waals surface area contributed by atoms with E-state index in [1.165, 1.54) is 16.8 Å². The molecule has 3 aromatic rings. The van der Waals surface area contributed by atoms with Gasteiger partial charge in [-0.2, -0.15) is 4.68 Å². The van der Waals surface area contributed by atoms with E-state index in [-0.39, 0.29) is 5.75 Å². The van der Waals surface area contributed by atoms with Crippen LogP contribution in [0.25, 0.3) is 5.69 Å². The zero-order chi connectivity index (χ0) is 19.9. The number of nitrogens with zero attached hydrogens (tertiary/aromatic N) is 4. The minimum Gasteiger partial charge on any atom is -0.508 e. The van der Waals surface area contributed by atoms with Crippen molar-refractivity contribution in [1.82, 2.24) is 30.8 Å². The van der Waals surface area contributed by atoms with Crippen molar-refractivity contribution in [3.05, 3.63) is 60.2 Å². The van der Waals surface area contributed by atoms with E-state index >= 15 is 0 Å². The maximum atomic E-state index is 12.3. The molecule has 10 heteroatoms. The summed E-state index contributed by atoms with van der Waals surface area (Å²) in [7, 11) is 0. The van der Waals surface area contributed by atoms with E-state index in [2.05, 4.69) is 26.2 Å². The monoisotopic (exact) mass is 398 g/mol. The van der Waals surface area contributed by atoms with Crippen LogP contribution in [0.2, 0.25) is 0 Å². The Kier molecular flexibility index (Phi) is 6.22. The molecule has 0 saturated heterocycles. The molecule has 1 aromatic heterocycles. The van der Waals surface area contributed by atoms with Crippen LogP contribution >= 0.6 is 11.8 Å². The normalized spacial score (nSPS) is 11.6. The number of benzene rings is 2. The lowest BCUT2D eigenvalue weighted by atomic mass is 10.2. The number of phenols is 1. The predicted molar refractivity (Wildman–Crippen MR) is 103 cm³/mol. The Morgan fingerprint density at radius 3 is 2.57 bits per heavy atom. The zero-order valence-corrected chi connectivity index (χ0v) is 15.8. The van der Waals surface area contributed by atoms with Crippen LogP contribution in [0.5, 0.6) is 5.75 Å². The van der Waals surface area contributed by atoms with Gasteiger partial charge in [0.15, 0.2) is 0 Å². The van der Waals surface area contributed by atoms with Crippen LogP contribution in [0.1, 0.15) is 12.5 Å². The number of tetrazole rings is 1. The molecule has 2 aromatic carbocycles. The third-order valence-corrected chi connectivity index (χ3v) is 4.75. The van der Waals surface area contributed by atoms with E-state index in [0.717, 1.165) is 17.3 Å². The number of carbonyl (C=O) groups is 2. The minimum atomic E-state index is -0.607. The van der Waals surface area contributed by atoms with Gasteiger partial charge in [-0.15, -0.1) is 5.10 Å². The van der Waals surface area contributed by atoms with E-state index in [4.69, 9.17) is 0 Å². The molecule has 144 valence electrons. The highest BCUT2D eigenvalue weighted by Gasteiger charge is 2.21. The van der Waals surface area contributed by atoms with Crippen molar-refractivity contribution in [2.45, 2.75) is 23.9 Å². The lowest BCUT2D eigenvalue weighted by Gasteiger charge is -2.12. The molecule has 0 fully saturated rings. The van der Waals surface area contributed by atoms with Crippen molar-refractivity contribution >= 4 is 23.7 Å². The molecule has 0 bridgehead atoms. The maximum Gasteiger partial charge on any atom is 0.321 e. The van der Waals surface area contributed by atoms with Crippen LogP contribution < -0.4 is 10.6 Å². The summed E-state index contributed by atoms with van der Waals surface area (Å²) >= 11 is 1.11. The Balaban J connectivity index is 1.55. The first kappa shape index (κ1) is 19.4. The Morgan fingerprint density at radius 1 is 1.14 bits per heavy atom. The van der Waals surface area contributed by atoms with E-state index in [1.54, 1.807) is 19.1 Å². The first-order valence-electron chi connectivity index (χ1n) is 8.40. The molecule has 3 N–H and O–H groups in total. The van der Waals surface area contributed by atoms with Crippen molar-refractivity contribution in [3.63, 3.8) is 0 Å². The second-order valence-electron chi connectivity index (χ2n) is 5.81. The van der Waals surface area contributed by atoms with Crippen LogP contribution in [-0.2, 0) is 11.3 Å². The summed E-state index contributed by atoms with van der Waals surface area (Å²) in [5, 5.41) is 25.5. The fourth-order valence-electron chi connectivity index (χ4n) is 2.26. The molecule has 0 aliphatic carbocycles. The molecule has 1 heterocycles. The molecule has 3 rings (SSSR count). The average Bonchev–Trinajstić information content (AvgIpc) is 3.16. The van der Waals surface area contributed by atoms with Crippen LogP contribution in [0, 0.1) is 0 Å². The van der Waals surface area contributed by atoms with Crippen molar-refractivity contribution in [1.29, 1.82) is 0 Å². The summed E-state index contributed by atoms with van der Waals surface area (Å²) in [4.78, 5) is 24.2. The Morgan fingerprint density at radius 2 is 1.86 bits per heavy atom. The molecule has 0 aliphatic heterocycles. The highest BCUT2D eigenvalue weighted by molar-refractivity contribution is 8.00. The van der Waals surface area contributed by atoms with E-state index < -0.39 is 17.2 Å². The molecular weight excluding hydrogens is 380 g/mol. The van der Waals surface area contributed by atoms with Gasteiger partial charge in [-0.1, -0.05) is 42.1 Å². The first-order valence-corrected chi connectivity index (χ1v) is 9.28. The fraction of sp³-hybridized carbons (Fsp3) is 0.167. The number of rotatable bonds is 6. The number of urea groups is 1. The highest BCUT2D eigenvalue weighted by Crippen LogP contribution is 2.23. The van der Waals surface area contributed by atoms with Crippen molar-refractivity contribution in [2.75, 3.05) is 0 Å². The zero-order valence-electron chi connectivity index (χ0n) is 14.9. The second-order valence-corrected chi connectivity index (χ2v) is 7.12. The van der Waals surface area contributed by atoms with Crippen molar-refractivity contribution in [2.24, 2.45) is 0 Å². The van der Waals surface area contributed by atoms with E-state index in [1.807, 2.05) is 30.3 Å². The largest absolute Gasteiger partial charge is 0.508 e. The van der Waals surface area contributed by atoms with Crippen LogP contribution in [0.3, 0.4) is 0 Å². The highest BCUT2D eigenvalue weighted by atomic mass is 32.2. The number of phenolic OH excluding ortho intramolecular Hbond substituents is 1. The molecule has 0 spiro atoms. The minimum absolute atomic E-state index is 0.125. The summed E-state index contributed by atoms with van der Waals surface area (Å²) in [6.45, 7) is 1.97. The van der Waals surface area contributed by atoms with Gasteiger partial charge in [0.25, 0.3) is 0 Å². The topological polar surface area (TPSA) is 122 Å². The lowest BCUT2D eigenvalue weighted by molar-refractivity contribution is -0.119. The summed E-state index contributed by atoms with van der Waals surface area (Å²) in [5.74, 6) is -0.337. The standard InChI is InChI=1S/C18H18N6O3S/c1-12(16(26)20-17(27)19-11-13-5-3-2-4-6-13)28-18-21-22-23-24(18)14-7-9-15(25)10-8-14/h2-10,12,25H,11H2,1H3,(H2,19,20,26,27). The SMILES string of the molecule is CC(Sc1nnnn1-c1ccc(O)cc1)C(=O)NC(=O)NCc1ccccc1. The van der Waals surface area contributed by atoms with Crippen LogP contribution in [0.15, 0.2) is 59.8 Å². The quantitative estimate of drug-likeness (QED) is 0.542. The summed E-state index contributed by atoms with van der Waals surface area (Å²) in [6, 6.07) is 15.1. The number of aromatic nitrogens is 4. The smallest absolute Gasteiger partial charge is 0.321 e. The van der Waals surface area contributed by atoms with Crippen LogP contribution in [-0.4, -0.2) is 42.5 Å². The molecule has 9 nitrogen and oxygen atoms in total. The number of amides is 3. The fourth-order valence-corrected chi connectivity index (χ4v) is 3.06. The van der Waals surface area contributed by atoms with Crippen molar-refractivity contribution in [3.8, 4) is 11.4 Å². The van der Waals surface area contributed by atoms with Gasteiger partial charge in [-0.3, -0.25) is 10.1 Å². The number of aromatic hydroxyl groups is 1. The van der Waals surface area contributed by atoms with Gasteiger partial charge >= 0.3 is 6.03 Å². The van der Waals surface area contributed by atoms with E-state index in [9.17, 15) is 14.7 Å². The number of carbonyl (C=O) groups excluding carboxylic acids is 2. The average molecular weight is 398 g/mol. The Labute approximate surface area is 165 Å². The summed E-state index contributed by atoms with van der Waals surface area (Å²) in [5.41, 5.74) is 1.57. The number of hydrogen-bond acceptors (Lipinski definition) is 7. The van der Waals surface area contributed by atoms with Crippen LogP contribution in [0.4, 0.5) is 4.79 Å². The number of thioether (sulfide) groups is 1.